The normalized spacial score (nSPS) is 12.9. The Balaban J connectivity index is 1.51. The molecule has 0 fully saturated rings. The first-order chi connectivity index (χ1) is 14.0. The van der Waals surface area contributed by atoms with E-state index in [0.717, 1.165) is 16.8 Å². The number of anilines is 2. The number of fused-ring (bicyclic) bond motifs is 1. The third-order valence-electron chi connectivity index (χ3n) is 4.80. The van der Waals surface area contributed by atoms with Gasteiger partial charge in [-0.3, -0.25) is 9.59 Å². The third kappa shape index (κ3) is 3.91. The summed E-state index contributed by atoms with van der Waals surface area (Å²) in [7, 11) is 0. The zero-order valence-corrected chi connectivity index (χ0v) is 15.4. The summed E-state index contributed by atoms with van der Waals surface area (Å²) in [4.78, 5) is 33.6. The highest BCUT2D eigenvalue weighted by molar-refractivity contribution is 5.94. The standard InChI is InChI=1S/C21H18FN5O2/c22-18-4-2-1-3-17(18)20(29)27-8-7-13-5-6-16(9-14(13)12-27)26-21-24-10-15(11-25-21)19(23)28/h1-6,9-11H,7-8,12H2,(H2,23,28)(H,24,25,26). The summed E-state index contributed by atoms with van der Waals surface area (Å²) < 4.78 is 14.0. The summed E-state index contributed by atoms with van der Waals surface area (Å²) in [6, 6.07) is 11.8. The minimum atomic E-state index is -0.593. The van der Waals surface area contributed by atoms with Crippen molar-refractivity contribution in [2.75, 3.05) is 11.9 Å². The lowest BCUT2D eigenvalue weighted by Crippen LogP contribution is -2.36. The van der Waals surface area contributed by atoms with E-state index in [1.807, 2.05) is 18.2 Å². The SMILES string of the molecule is NC(=O)c1cnc(Nc2ccc3c(c2)CN(C(=O)c2ccccc2F)CC3)nc1. The second kappa shape index (κ2) is 7.67. The van der Waals surface area contributed by atoms with E-state index in [2.05, 4.69) is 15.3 Å². The van der Waals surface area contributed by atoms with Crippen LogP contribution in [0, 0.1) is 5.82 Å². The van der Waals surface area contributed by atoms with Gasteiger partial charge in [-0.25, -0.2) is 14.4 Å². The Morgan fingerprint density at radius 3 is 2.55 bits per heavy atom. The number of hydrogen-bond donors (Lipinski definition) is 2. The van der Waals surface area contributed by atoms with E-state index < -0.39 is 11.7 Å². The summed E-state index contributed by atoms with van der Waals surface area (Å²) >= 11 is 0. The molecule has 0 aliphatic carbocycles. The minimum Gasteiger partial charge on any atom is -0.366 e. The smallest absolute Gasteiger partial charge is 0.257 e. The average Bonchev–Trinajstić information content (AvgIpc) is 2.73. The highest BCUT2D eigenvalue weighted by Crippen LogP contribution is 2.25. The molecule has 2 heterocycles. The van der Waals surface area contributed by atoms with Gasteiger partial charge in [0.05, 0.1) is 11.1 Å². The van der Waals surface area contributed by atoms with Crippen molar-refractivity contribution >= 4 is 23.5 Å². The number of nitrogens with zero attached hydrogens (tertiary/aromatic N) is 3. The fourth-order valence-corrected chi connectivity index (χ4v) is 3.26. The van der Waals surface area contributed by atoms with Crippen LogP contribution in [0.25, 0.3) is 0 Å². The lowest BCUT2D eigenvalue weighted by atomic mass is 9.98. The van der Waals surface area contributed by atoms with Gasteiger partial charge in [0.25, 0.3) is 11.8 Å². The maximum Gasteiger partial charge on any atom is 0.257 e. The van der Waals surface area contributed by atoms with Crippen molar-refractivity contribution < 1.29 is 14.0 Å². The Hall–Kier alpha value is -3.81. The number of carbonyl (C=O) groups excluding carboxylic acids is 2. The van der Waals surface area contributed by atoms with Crippen LogP contribution in [-0.2, 0) is 13.0 Å². The van der Waals surface area contributed by atoms with Gasteiger partial charge in [0.15, 0.2) is 0 Å². The van der Waals surface area contributed by atoms with Crippen molar-refractivity contribution in [2.45, 2.75) is 13.0 Å². The van der Waals surface area contributed by atoms with Gasteiger partial charge in [-0.1, -0.05) is 18.2 Å². The van der Waals surface area contributed by atoms with Crippen LogP contribution in [0.3, 0.4) is 0 Å². The van der Waals surface area contributed by atoms with Gasteiger partial charge < -0.3 is 16.0 Å². The molecule has 4 rings (SSSR count). The molecule has 0 radical (unpaired) electrons. The molecule has 3 N–H and O–H groups in total. The third-order valence-corrected chi connectivity index (χ3v) is 4.80. The number of carbonyl (C=O) groups is 2. The van der Waals surface area contributed by atoms with Crippen LogP contribution >= 0.6 is 0 Å². The Kier molecular flexibility index (Phi) is 4.90. The maximum atomic E-state index is 14.0. The van der Waals surface area contributed by atoms with Crippen LogP contribution in [-0.4, -0.2) is 33.2 Å². The largest absolute Gasteiger partial charge is 0.366 e. The highest BCUT2D eigenvalue weighted by atomic mass is 19.1. The first-order valence-electron chi connectivity index (χ1n) is 9.06. The quantitative estimate of drug-likeness (QED) is 0.712. The molecular formula is C21H18FN5O2. The maximum absolute atomic E-state index is 14.0. The van der Waals surface area contributed by atoms with E-state index in [1.165, 1.54) is 24.5 Å². The summed E-state index contributed by atoms with van der Waals surface area (Å²) in [5.74, 6) is -1.11. The molecule has 3 aromatic rings. The topological polar surface area (TPSA) is 101 Å². The number of primary amides is 1. The van der Waals surface area contributed by atoms with Gasteiger partial charge in [0, 0.05) is 31.2 Å². The van der Waals surface area contributed by atoms with Gasteiger partial charge >= 0.3 is 0 Å². The van der Waals surface area contributed by atoms with E-state index in [9.17, 15) is 14.0 Å². The first kappa shape index (κ1) is 18.5. The second-order valence-corrected chi connectivity index (χ2v) is 6.72. The molecule has 29 heavy (non-hydrogen) atoms. The summed E-state index contributed by atoms with van der Waals surface area (Å²) in [5.41, 5.74) is 8.34. The van der Waals surface area contributed by atoms with Crippen LogP contribution in [0.5, 0.6) is 0 Å². The molecule has 0 saturated carbocycles. The van der Waals surface area contributed by atoms with E-state index in [1.54, 1.807) is 17.0 Å². The van der Waals surface area contributed by atoms with E-state index >= 15 is 0 Å². The number of rotatable bonds is 4. The van der Waals surface area contributed by atoms with E-state index in [-0.39, 0.29) is 17.0 Å². The molecule has 1 aromatic heterocycles. The Morgan fingerprint density at radius 1 is 1.07 bits per heavy atom. The molecule has 0 spiro atoms. The Morgan fingerprint density at radius 2 is 1.83 bits per heavy atom. The van der Waals surface area contributed by atoms with Gasteiger partial charge in [-0.15, -0.1) is 0 Å². The molecule has 0 bridgehead atoms. The molecule has 1 aliphatic rings. The van der Waals surface area contributed by atoms with Crippen LogP contribution in [0.15, 0.2) is 54.9 Å². The minimum absolute atomic E-state index is 0.0770. The predicted molar refractivity (Wildman–Crippen MR) is 105 cm³/mol. The number of amides is 2. The summed E-state index contributed by atoms with van der Waals surface area (Å²) in [6.07, 6.45) is 3.40. The molecule has 2 amide bonds. The summed E-state index contributed by atoms with van der Waals surface area (Å²) in [5, 5.41) is 3.07. The van der Waals surface area contributed by atoms with E-state index in [4.69, 9.17) is 5.73 Å². The molecular weight excluding hydrogens is 373 g/mol. The number of benzene rings is 2. The second-order valence-electron chi connectivity index (χ2n) is 6.72. The van der Waals surface area contributed by atoms with Crippen LogP contribution in [0.4, 0.5) is 16.0 Å². The molecule has 7 nitrogen and oxygen atoms in total. The van der Waals surface area contributed by atoms with Gasteiger partial charge in [-0.2, -0.15) is 0 Å². The van der Waals surface area contributed by atoms with Crippen LogP contribution in [0.1, 0.15) is 31.8 Å². The number of nitrogens with one attached hydrogen (secondary N) is 1. The molecule has 0 unspecified atom stereocenters. The molecule has 146 valence electrons. The zero-order chi connectivity index (χ0) is 20.4. The molecule has 2 aromatic carbocycles. The van der Waals surface area contributed by atoms with Gasteiger partial charge in [0.2, 0.25) is 5.95 Å². The number of hydrogen-bond acceptors (Lipinski definition) is 5. The lowest BCUT2D eigenvalue weighted by molar-refractivity contribution is 0.0729. The average molecular weight is 391 g/mol. The monoisotopic (exact) mass is 391 g/mol. The van der Waals surface area contributed by atoms with Crippen LogP contribution < -0.4 is 11.1 Å². The molecule has 0 saturated heterocycles. The van der Waals surface area contributed by atoms with Gasteiger partial charge in [0.1, 0.15) is 5.82 Å². The molecule has 0 atom stereocenters. The van der Waals surface area contributed by atoms with Crippen molar-refractivity contribution in [1.29, 1.82) is 0 Å². The predicted octanol–water partition coefficient (Wildman–Crippen LogP) is 2.66. The van der Waals surface area contributed by atoms with E-state index in [0.29, 0.717) is 25.5 Å². The fraction of sp³-hybridized carbons (Fsp3) is 0.143. The van der Waals surface area contributed by atoms with Gasteiger partial charge in [-0.05, 0) is 41.8 Å². The molecule has 1 aliphatic heterocycles. The van der Waals surface area contributed by atoms with Crippen molar-refractivity contribution in [3.05, 3.63) is 82.9 Å². The van der Waals surface area contributed by atoms with Crippen molar-refractivity contribution in [3.63, 3.8) is 0 Å². The fourth-order valence-electron chi connectivity index (χ4n) is 3.26. The van der Waals surface area contributed by atoms with Crippen molar-refractivity contribution in [1.82, 2.24) is 14.9 Å². The number of nitrogens with two attached hydrogens (primary N) is 1. The molecule has 8 heteroatoms. The van der Waals surface area contributed by atoms with Crippen LogP contribution in [0.2, 0.25) is 0 Å². The first-order valence-corrected chi connectivity index (χ1v) is 9.06. The van der Waals surface area contributed by atoms with Crippen molar-refractivity contribution in [2.24, 2.45) is 5.73 Å². The Bertz CT molecular complexity index is 1080. The summed E-state index contributed by atoms with van der Waals surface area (Å²) in [6.45, 7) is 0.921. The number of aromatic nitrogens is 2. The Labute approximate surface area is 166 Å². The number of halogens is 1. The van der Waals surface area contributed by atoms with Crippen molar-refractivity contribution in [3.8, 4) is 0 Å². The highest BCUT2D eigenvalue weighted by Gasteiger charge is 2.23. The zero-order valence-electron chi connectivity index (χ0n) is 15.4. The lowest BCUT2D eigenvalue weighted by Gasteiger charge is -2.29.